The van der Waals surface area contributed by atoms with E-state index in [1.807, 2.05) is 37.3 Å². The van der Waals surface area contributed by atoms with E-state index < -0.39 is 5.91 Å². The van der Waals surface area contributed by atoms with Gasteiger partial charge in [-0.05, 0) is 29.7 Å². The summed E-state index contributed by atoms with van der Waals surface area (Å²) in [6.07, 6.45) is 1.57. The number of aliphatic hydroxyl groups is 1. The zero-order chi connectivity index (χ0) is 19.5. The molecule has 1 fully saturated rings. The molecule has 1 aliphatic heterocycles. The van der Waals surface area contributed by atoms with E-state index in [1.54, 1.807) is 6.08 Å². The Morgan fingerprint density at radius 1 is 1.37 bits per heavy atom. The van der Waals surface area contributed by atoms with Crippen LogP contribution >= 0.6 is 0 Å². The minimum atomic E-state index is -0.425. The Kier molecular flexibility index (Phi) is 8.78. The molecular weight excluding hydrogens is 344 g/mol. The fraction of sp³-hybridized carbons (Fsp3) is 0.500. The van der Waals surface area contributed by atoms with Crippen LogP contribution in [0.25, 0.3) is 6.08 Å². The van der Waals surface area contributed by atoms with Crippen LogP contribution in [0.1, 0.15) is 12.5 Å². The molecule has 1 aromatic rings. The van der Waals surface area contributed by atoms with Gasteiger partial charge in [-0.15, -0.1) is 0 Å². The maximum absolute atomic E-state index is 12.0. The lowest BCUT2D eigenvalue weighted by molar-refractivity contribution is -0.117. The predicted octanol–water partition coefficient (Wildman–Crippen LogP) is 1.08. The largest absolute Gasteiger partial charge is 0.396 e. The second kappa shape index (κ2) is 11.3. The maximum atomic E-state index is 12.0. The number of nitrogens with one attached hydrogen (secondary N) is 2. The lowest BCUT2D eigenvalue weighted by Gasteiger charge is -2.26. The summed E-state index contributed by atoms with van der Waals surface area (Å²) in [5, 5.41) is 24.3. The monoisotopic (exact) mass is 372 g/mol. The Morgan fingerprint density at radius 2 is 2.07 bits per heavy atom. The lowest BCUT2D eigenvalue weighted by atomic mass is 10.1. The fourth-order valence-corrected chi connectivity index (χ4v) is 2.62. The van der Waals surface area contributed by atoms with Crippen molar-refractivity contribution in [2.45, 2.75) is 6.92 Å². The van der Waals surface area contributed by atoms with Gasteiger partial charge in [-0.1, -0.05) is 19.1 Å². The molecule has 0 saturated carbocycles. The molecule has 3 N–H and O–H groups in total. The number of nitrogens with zero attached hydrogens (tertiary/aromatic N) is 2. The normalized spacial score (nSPS) is 16.4. The Bertz CT molecular complexity index is 661. The number of hydrogen-bond donors (Lipinski definition) is 3. The fourth-order valence-electron chi connectivity index (χ4n) is 2.62. The summed E-state index contributed by atoms with van der Waals surface area (Å²) in [6, 6.07) is 9.55. The molecule has 0 spiro atoms. The van der Waals surface area contributed by atoms with Gasteiger partial charge in [0, 0.05) is 45.0 Å². The average Bonchev–Trinajstić information content (AvgIpc) is 2.71. The maximum Gasteiger partial charge on any atom is 0.261 e. The molecular formula is C20H28N4O3. The molecule has 27 heavy (non-hydrogen) atoms. The molecule has 1 amide bonds. The molecule has 7 heteroatoms. The Hall–Kier alpha value is -2.40. The number of amides is 1. The minimum Gasteiger partial charge on any atom is -0.396 e. The van der Waals surface area contributed by atoms with Gasteiger partial charge in [0.2, 0.25) is 0 Å². The van der Waals surface area contributed by atoms with Crippen molar-refractivity contribution < 1.29 is 14.6 Å². The first-order valence-corrected chi connectivity index (χ1v) is 9.27. The van der Waals surface area contributed by atoms with Crippen molar-refractivity contribution in [1.82, 2.24) is 10.2 Å². The summed E-state index contributed by atoms with van der Waals surface area (Å²) in [4.78, 5) is 14.4. The van der Waals surface area contributed by atoms with Crippen molar-refractivity contribution in [3.63, 3.8) is 0 Å². The van der Waals surface area contributed by atoms with Crippen molar-refractivity contribution >= 4 is 17.7 Å². The van der Waals surface area contributed by atoms with E-state index in [4.69, 9.17) is 9.84 Å². The second-order valence-electron chi connectivity index (χ2n) is 6.67. The predicted molar refractivity (Wildman–Crippen MR) is 105 cm³/mol. The number of carbonyl (C=O) groups is 1. The summed E-state index contributed by atoms with van der Waals surface area (Å²) < 4.78 is 5.34. The van der Waals surface area contributed by atoms with E-state index in [0.717, 1.165) is 50.6 Å². The molecule has 1 unspecified atom stereocenters. The standard InChI is InChI=1S/C20H28N4O3/c1-16(15-25)14-23-20(26)18(13-21)12-17-2-4-19(5-3-17)22-6-7-24-8-10-27-11-9-24/h2-5,12,16,22,25H,6-11,14-15H2,1H3,(H,23,26)/b18-12+. The van der Waals surface area contributed by atoms with Crippen LogP contribution in [0.5, 0.6) is 0 Å². The molecule has 2 rings (SSSR count). The number of morpholine rings is 1. The highest BCUT2D eigenvalue weighted by Gasteiger charge is 2.11. The van der Waals surface area contributed by atoms with Crippen LogP contribution in [-0.2, 0) is 9.53 Å². The number of anilines is 1. The lowest BCUT2D eigenvalue weighted by Crippen LogP contribution is -2.38. The molecule has 0 bridgehead atoms. The molecule has 1 atom stereocenters. The van der Waals surface area contributed by atoms with Crippen LogP contribution in [0, 0.1) is 17.2 Å². The van der Waals surface area contributed by atoms with Gasteiger partial charge in [-0.25, -0.2) is 0 Å². The summed E-state index contributed by atoms with van der Waals surface area (Å²) in [6.45, 7) is 7.51. The van der Waals surface area contributed by atoms with Crippen LogP contribution in [0.3, 0.4) is 0 Å². The van der Waals surface area contributed by atoms with Gasteiger partial charge >= 0.3 is 0 Å². The molecule has 0 aliphatic carbocycles. The van der Waals surface area contributed by atoms with Crippen LogP contribution in [0.15, 0.2) is 29.8 Å². The van der Waals surface area contributed by atoms with Crippen molar-refractivity contribution in [3.8, 4) is 6.07 Å². The molecule has 1 heterocycles. The van der Waals surface area contributed by atoms with E-state index in [0.29, 0.717) is 6.54 Å². The topological polar surface area (TPSA) is 97.6 Å². The first-order valence-electron chi connectivity index (χ1n) is 9.27. The molecule has 146 valence electrons. The Labute approximate surface area is 160 Å². The molecule has 1 aromatic carbocycles. The molecule has 7 nitrogen and oxygen atoms in total. The van der Waals surface area contributed by atoms with E-state index in [9.17, 15) is 10.1 Å². The second-order valence-corrected chi connectivity index (χ2v) is 6.67. The van der Waals surface area contributed by atoms with Gasteiger partial charge in [0.25, 0.3) is 5.91 Å². The third kappa shape index (κ3) is 7.39. The number of benzene rings is 1. The first kappa shape index (κ1) is 20.9. The van der Waals surface area contributed by atoms with Crippen molar-refractivity contribution in [3.05, 3.63) is 35.4 Å². The molecule has 0 radical (unpaired) electrons. The van der Waals surface area contributed by atoms with Crippen molar-refractivity contribution in [1.29, 1.82) is 5.26 Å². The minimum absolute atomic E-state index is 0.00805. The van der Waals surface area contributed by atoms with Crippen LogP contribution in [-0.4, -0.2) is 68.5 Å². The van der Waals surface area contributed by atoms with Gasteiger partial charge in [0.1, 0.15) is 11.6 Å². The number of ether oxygens (including phenoxy) is 1. The number of nitriles is 1. The van der Waals surface area contributed by atoms with E-state index >= 15 is 0 Å². The average molecular weight is 372 g/mol. The molecule has 1 aliphatic rings. The van der Waals surface area contributed by atoms with Gasteiger partial charge in [-0.2, -0.15) is 5.26 Å². The molecule has 0 aromatic heterocycles. The third-order valence-corrected chi connectivity index (χ3v) is 4.37. The van der Waals surface area contributed by atoms with Crippen LogP contribution in [0.4, 0.5) is 5.69 Å². The third-order valence-electron chi connectivity index (χ3n) is 4.37. The highest BCUT2D eigenvalue weighted by atomic mass is 16.5. The smallest absolute Gasteiger partial charge is 0.261 e. The number of aliphatic hydroxyl groups excluding tert-OH is 1. The summed E-state index contributed by atoms with van der Waals surface area (Å²) >= 11 is 0. The summed E-state index contributed by atoms with van der Waals surface area (Å²) in [5.41, 5.74) is 1.84. The van der Waals surface area contributed by atoms with Gasteiger partial charge in [0.15, 0.2) is 0 Å². The first-order chi connectivity index (χ1) is 13.1. The molecule has 1 saturated heterocycles. The van der Waals surface area contributed by atoms with Crippen LogP contribution in [0.2, 0.25) is 0 Å². The number of carbonyl (C=O) groups excluding carboxylic acids is 1. The summed E-state index contributed by atoms with van der Waals surface area (Å²) in [5.74, 6) is -0.470. The SMILES string of the molecule is CC(CO)CNC(=O)/C(C#N)=C/c1ccc(NCCN2CCOCC2)cc1. The van der Waals surface area contributed by atoms with Gasteiger partial charge < -0.3 is 20.5 Å². The number of rotatable bonds is 9. The highest BCUT2D eigenvalue weighted by molar-refractivity contribution is 6.01. The van der Waals surface area contributed by atoms with Crippen LogP contribution < -0.4 is 10.6 Å². The van der Waals surface area contributed by atoms with Crippen molar-refractivity contribution in [2.24, 2.45) is 5.92 Å². The van der Waals surface area contributed by atoms with E-state index in [1.165, 1.54) is 0 Å². The zero-order valence-corrected chi connectivity index (χ0v) is 15.8. The summed E-state index contributed by atoms with van der Waals surface area (Å²) in [7, 11) is 0. The number of hydrogen-bond acceptors (Lipinski definition) is 6. The van der Waals surface area contributed by atoms with E-state index in [-0.39, 0.29) is 18.1 Å². The zero-order valence-electron chi connectivity index (χ0n) is 15.8. The highest BCUT2D eigenvalue weighted by Crippen LogP contribution is 2.13. The quantitative estimate of drug-likeness (QED) is 0.443. The van der Waals surface area contributed by atoms with Gasteiger partial charge in [-0.3, -0.25) is 9.69 Å². The Morgan fingerprint density at radius 3 is 2.70 bits per heavy atom. The van der Waals surface area contributed by atoms with Gasteiger partial charge in [0.05, 0.1) is 13.2 Å². The Balaban J connectivity index is 1.84. The van der Waals surface area contributed by atoms with E-state index in [2.05, 4.69) is 15.5 Å². The van der Waals surface area contributed by atoms with Crippen molar-refractivity contribution in [2.75, 3.05) is 57.9 Å².